The fraction of sp³-hybridized carbons (Fsp3) is 0.176. The summed E-state index contributed by atoms with van der Waals surface area (Å²) in [6, 6.07) is 13.3. The first-order chi connectivity index (χ1) is 11.1. The molecule has 0 fully saturated rings. The van der Waals surface area contributed by atoms with E-state index in [1.807, 2.05) is 72.1 Å². The summed E-state index contributed by atoms with van der Waals surface area (Å²) in [6.45, 7) is 0.629. The maximum Gasteiger partial charge on any atom is 0.276 e. The molecule has 0 radical (unpaired) electrons. The summed E-state index contributed by atoms with van der Waals surface area (Å²) in [5, 5.41) is 2.92. The topological polar surface area (TPSA) is 49.6 Å². The molecule has 0 unspecified atom stereocenters. The zero-order valence-corrected chi connectivity index (χ0v) is 14.5. The van der Waals surface area contributed by atoms with Crippen molar-refractivity contribution in [3.8, 4) is 0 Å². The summed E-state index contributed by atoms with van der Waals surface area (Å²) in [5.74, 6) is -0.211. The van der Waals surface area contributed by atoms with Crippen molar-refractivity contribution in [3.63, 3.8) is 0 Å². The first kappa shape index (κ1) is 15.7. The van der Waals surface area contributed by atoms with Crippen molar-refractivity contribution >= 4 is 33.2 Å². The Kier molecular flexibility index (Phi) is 4.45. The molecule has 0 bridgehead atoms. The third-order valence-electron chi connectivity index (χ3n) is 3.43. The van der Waals surface area contributed by atoms with E-state index < -0.39 is 0 Å². The largest absolute Gasteiger partial charge is 0.320 e. The van der Waals surface area contributed by atoms with Crippen LogP contribution in [0.4, 0.5) is 5.69 Å². The average Bonchev–Trinajstić information content (AvgIpc) is 2.88. The molecule has 2 heterocycles. The van der Waals surface area contributed by atoms with Gasteiger partial charge in [0.1, 0.15) is 5.65 Å². The highest BCUT2D eigenvalue weighted by atomic mass is 79.9. The second-order valence-corrected chi connectivity index (χ2v) is 6.36. The van der Waals surface area contributed by atoms with Crippen LogP contribution in [0.5, 0.6) is 0 Å². The molecule has 2 aromatic heterocycles. The van der Waals surface area contributed by atoms with Crippen LogP contribution < -0.4 is 5.32 Å². The molecule has 118 valence electrons. The van der Waals surface area contributed by atoms with E-state index in [1.54, 1.807) is 0 Å². The molecule has 0 saturated carbocycles. The van der Waals surface area contributed by atoms with E-state index >= 15 is 0 Å². The van der Waals surface area contributed by atoms with E-state index in [4.69, 9.17) is 0 Å². The van der Waals surface area contributed by atoms with E-state index in [1.165, 1.54) is 0 Å². The van der Waals surface area contributed by atoms with Crippen molar-refractivity contribution in [1.29, 1.82) is 0 Å². The Labute approximate surface area is 143 Å². The van der Waals surface area contributed by atoms with Crippen LogP contribution in [0, 0.1) is 0 Å². The summed E-state index contributed by atoms with van der Waals surface area (Å²) in [4.78, 5) is 19.2. The van der Waals surface area contributed by atoms with Gasteiger partial charge in [0.05, 0.1) is 11.4 Å². The van der Waals surface area contributed by atoms with Crippen molar-refractivity contribution in [2.24, 2.45) is 0 Å². The summed E-state index contributed by atoms with van der Waals surface area (Å²) in [5.41, 5.74) is 2.81. The van der Waals surface area contributed by atoms with Gasteiger partial charge in [0.15, 0.2) is 5.69 Å². The highest BCUT2D eigenvalue weighted by molar-refractivity contribution is 9.10. The number of amides is 1. The number of carbonyl (C=O) groups excluding carboxylic acids is 1. The van der Waals surface area contributed by atoms with Crippen LogP contribution in [0.3, 0.4) is 0 Å². The van der Waals surface area contributed by atoms with Crippen LogP contribution in [-0.2, 0) is 6.54 Å². The van der Waals surface area contributed by atoms with E-state index in [9.17, 15) is 4.79 Å². The Morgan fingerprint density at radius 1 is 1.22 bits per heavy atom. The Bertz CT molecular complexity index is 857. The maximum atomic E-state index is 12.7. The zero-order chi connectivity index (χ0) is 16.4. The quantitative estimate of drug-likeness (QED) is 0.763. The lowest BCUT2D eigenvalue weighted by molar-refractivity contribution is 0.102. The second kappa shape index (κ2) is 6.52. The molecular weight excluding hydrogens is 356 g/mol. The van der Waals surface area contributed by atoms with Crippen molar-refractivity contribution in [2.75, 3.05) is 19.4 Å². The molecule has 0 spiro atoms. The number of pyridine rings is 1. The van der Waals surface area contributed by atoms with Gasteiger partial charge in [-0.25, -0.2) is 4.98 Å². The molecule has 23 heavy (non-hydrogen) atoms. The van der Waals surface area contributed by atoms with Gasteiger partial charge < -0.3 is 14.6 Å². The second-order valence-electron chi connectivity index (χ2n) is 5.51. The van der Waals surface area contributed by atoms with Gasteiger partial charge in [-0.1, -0.05) is 18.2 Å². The molecule has 5 nitrogen and oxygen atoms in total. The standard InChI is InChI=1S/C17H17BrN4O/c1-21(2)11-14-16(20-15-9-5-6-10-22(14)15)17(23)19-13-8-4-3-7-12(13)18/h3-10H,11H2,1-2H3,(H,19,23). The normalized spacial score (nSPS) is 11.1. The highest BCUT2D eigenvalue weighted by Gasteiger charge is 2.19. The molecule has 0 atom stereocenters. The number of aromatic nitrogens is 2. The number of rotatable bonds is 4. The van der Waals surface area contributed by atoms with Crippen LogP contribution in [0.2, 0.25) is 0 Å². The minimum atomic E-state index is -0.211. The summed E-state index contributed by atoms with van der Waals surface area (Å²) < 4.78 is 2.79. The predicted molar refractivity (Wildman–Crippen MR) is 94.7 cm³/mol. The highest BCUT2D eigenvalue weighted by Crippen LogP contribution is 2.23. The Morgan fingerprint density at radius 2 is 1.96 bits per heavy atom. The molecule has 1 N–H and O–H groups in total. The number of anilines is 1. The van der Waals surface area contributed by atoms with Crippen LogP contribution in [0.15, 0.2) is 53.1 Å². The fourth-order valence-corrected chi connectivity index (χ4v) is 2.81. The van der Waals surface area contributed by atoms with E-state index in [-0.39, 0.29) is 5.91 Å². The Morgan fingerprint density at radius 3 is 2.70 bits per heavy atom. The Balaban J connectivity index is 2.01. The molecular formula is C17H17BrN4O. The van der Waals surface area contributed by atoms with E-state index in [2.05, 4.69) is 26.2 Å². The Hall–Kier alpha value is -2.18. The number of halogens is 1. The lowest BCUT2D eigenvalue weighted by Crippen LogP contribution is -2.19. The van der Waals surface area contributed by atoms with Crippen molar-refractivity contribution in [3.05, 3.63) is 64.5 Å². The van der Waals surface area contributed by atoms with Crippen molar-refractivity contribution < 1.29 is 4.79 Å². The van der Waals surface area contributed by atoms with Gasteiger partial charge in [-0.15, -0.1) is 0 Å². The number of benzene rings is 1. The number of nitrogens with zero attached hydrogens (tertiary/aromatic N) is 3. The molecule has 1 aromatic carbocycles. The van der Waals surface area contributed by atoms with Gasteiger partial charge in [-0.3, -0.25) is 4.79 Å². The van der Waals surface area contributed by atoms with Gasteiger partial charge in [0.2, 0.25) is 0 Å². The third kappa shape index (κ3) is 3.28. The third-order valence-corrected chi connectivity index (χ3v) is 4.12. The van der Waals surface area contributed by atoms with Gasteiger partial charge >= 0.3 is 0 Å². The summed E-state index contributed by atoms with van der Waals surface area (Å²) in [6.07, 6.45) is 1.93. The predicted octanol–water partition coefficient (Wildman–Crippen LogP) is 3.41. The molecule has 0 saturated heterocycles. The number of para-hydroxylation sites is 1. The molecule has 1 amide bonds. The van der Waals surface area contributed by atoms with E-state index in [0.29, 0.717) is 12.2 Å². The number of fused-ring (bicyclic) bond motifs is 1. The first-order valence-corrected chi connectivity index (χ1v) is 8.02. The van der Waals surface area contributed by atoms with Gasteiger partial charge in [0.25, 0.3) is 5.91 Å². The maximum absolute atomic E-state index is 12.7. The molecule has 3 rings (SSSR count). The molecule has 0 aliphatic carbocycles. The van der Waals surface area contributed by atoms with Gasteiger partial charge in [-0.05, 0) is 54.3 Å². The molecule has 0 aliphatic rings. The minimum Gasteiger partial charge on any atom is -0.320 e. The van der Waals surface area contributed by atoms with Crippen LogP contribution in [0.1, 0.15) is 16.2 Å². The van der Waals surface area contributed by atoms with Crippen LogP contribution >= 0.6 is 15.9 Å². The smallest absolute Gasteiger partial charge is 0.276 e. The molecule has 6 heteroatoms. The minimum absolute atomic E-state index is 0.211. The van der Waals surface area contributed by atoms with Gasteiger partial charge in [-0.2, -0.15) is 0 Å². The number of hydrogen-bond donors (Lipinski definition) is 1. The monoisotopic (exact) mass is 372 g/mol. The SMILES string of the molecule is CN(C)Cc1c(C(=O)Nc2ccccc2Br)nc2ccccn12. The van der Waals surface area contributed by atoms with E-state index in [0.717, 1.165) is 21.5 Å². The van der Waals surface area contributed by atoms with Crippen molar-refractivity contribution in [2.45, 2.75) is 6.54 Å². The molecule has 3 aromatic rings. The molecule has 0 aliphatic heterocycles. The number of carbonyl (C=O) groups is 1. The fourth-order valence-electron chi connectivity index (χ4n) is 2.42. The lowest BCUT2D eigenvalue weighted by atomic mass is 10.2. The number of hydrogen-bond acceptors (Lipinski definition) is 3. The first-order valence-electron chi connectivity index (χ1n) is 7.23. The van der Waals surface area contributed by atoms with Gasteiger partial charge in [0, 0.05) is 17.2 Å². The average molecular weight is 373 g/mol. The summed E-state index contributed by atoms with van der Waals surface area (Å²) in [7, 11) is 3.94. The summed E-state index contributed by atoms with van der Waals surface area (Å²) >= 11 is 3.44. The van der Waals surface area contributed by atoms with Crippen LogP contribution in [-0.4, -0.2) is 34.3 Å². The number of imidazole rings is 1. The van der Waals surface area contributed by atoms with Crippen molar-refractivity contribution in [1.82, 2.24) is 14.3 Å². The zero-order valence-electron chi connectivity index (χ0n) is 13.0. The van der Waals surface area contributed by atoms with Crippen LogP contribution in [0.25, 0.3) is 5.65 Å². The number of nitrogens with one attached hydrogen (secondary N) is 1. The lowest BCUT2D eigenvalue weighted by Gasteiger charge is -2.11.